The van der Waals surface area contributed by atoms with Crippen molar-refractivity contribution in [3.05, 3.63) is 52.3 Å². The van der Waals surface area contributed by atoms with Crippen LogP contribution in [0.5, 0.6) is 0 Å². The molecule has 0 fully saturated rings. The van der Waals surface area contributed by atoms with E-state index in [1.165, 1.54) is 16.8 Å². The summed E-state index contributed by atoms with van der Waals surface area (Å²) in [6, 6.07) is 7.78. The maximum Gasteiger partial charge on any atom is 0.251 e. The van der Waals surface area contributed by atoms with Gasteiger partial charge in [-0.1, -0.05) is 25.5 Å². The van der Waals surface area contributed by atoms with E-state index in [0.29, 0.717) is 5.56 Å². The van der Waals surface area contributed by atoms with Crippen LogP contribution in [0.3, 0.4) is 0 Å². The van der Waals surface area contributed by atoms with Crippen LogP contribution >= 0.6 is 0 Å². The van der Waals surface area contributed by atoms with Gasteiger partial charge in [-0.3, -0.25) is 9.48 Å². The van der Waals surface area contributed by atoms with Crippen LogP contribution in [-0.2, 0) is 20.1 Å². The molecule has 0 unspecified atom stereocenters. The van der Waals surface area contributed by atoms with Crippen molar-refractivity contribution < 1.29 is 4.79 Å². The van der Waals surface area contributed by atoms with Gasteiger partial charge in [0.2, 0.25) is 0 Å². The van der Waals surface area contributed by atoms with Gasteiger partial charge in [0, 0.05) is 43.5 Å². The summed E-state index contributed by atoms with van der Waals surface area (Å²) in [6.45, 7) is 8.54. The average molecular weight is 328 g/mol. The van der Waals surface area contributed by atoms with Crippen molar-refractivity contribution >= 4 is 5.91 Å². The third kappa shape index (κ3) is 4.68. The minimum absolute atomic E-state index is 0.00423. The zero-order valence-corrected chi connectivity index (χ0v) is 15.1. The molecule has 0 aliphatic heterocycles. The number of nitrogens with zero attached hydrogens (tertiary/aromatic N) is 2. The van der Waals surface area contributed by atoms with Crippen molar-refractivity contribution in [1.82, 2.24) is 20.4 Å². The zero-order valence-electron chi connectivity index (χ0n) is 15.1. The molecule has 0 radical (unpaired) electrons. The van der Waals surface area contributed by atoms with E-state index in [9.17, 15) is 4.79 Å². The van der Waals surface area contributed by atoms with Gasteiger partial charge in [-0.25, -0.2) is 0 Å². The lowest BCUT2D eigenvalue weighted by molar-refractivity contribution is 0.0953. The first-order valence-corrected chi connectivity index (χ1v) is 8.59. The summed E-state index contributed by atoms with van der Waals surface area (Å²) in [5, 5.41) is 10.8. The Hall–Kier alpha value is -2.14. The number of rotatable bonds is 8. The third-order valence-electron chi connectivity index (χ3n) is 4.32. The third-order valence-corrected chi connectivity index (χ3v) is 4.32. The quantitative estimate of drug-likeness (QED) is 0.733. The normalized spacial score (nSPS) is 10.8. The molecule has 1 aromatic carbocycles. The van der Waals surface area contributed by atoms with E-state index in [4.69, 9.17) is 0 Å². The van der Waals surface area contributed by atoms with Gasteiger partial charge >= 0.3 is 0 Å². The van der Waals surface area contributed by atoms with Crippen LogP contribution in [0.1, 0.15) is 52.6 Å². The highest BCUT2D eigenvalue weighted by Gasteiger charge is 2.09. The van der Waals surface area contributed by atoms with E-state index in [0.717, 1.165) is 38.2 Å². The molecule has 0 aliphatic rings. The highest BCUT2D eigenvalue weighted by atomic mass is 16.1. The number of unbranched alkanes of at least 4 members (excludes halogenated alkanes) is 1. The predicted molar refractivity (Wildman–Crippen MR) is 96.9 cm³/mol. The Bertz CT molecular complexity index is 673. The summed E-state index contributed by atoms with van der Waals surface area (Å²) in [6.07, 6.45) is 2.10. The number of hydrogen-bond acceptors (Lipinski definition) is 3. The maximum absolute atomic E-state index is 12.0. The Morgan fingerprint density at radius 1 is 1.17 bits per heavy atom. The topological polar surface area (TPSA) is 59.0 Å². The fraction of sp³-hybridized carbons (Fsp3) is 0.474. The van der Waals surface area contributed by atoms with Gasteiger partial charge in [-0.2, -0.15) is 5.10 Å². The molecule has 0 saturated carbocycles. The van der Waals surface area contributed by atoms with Gasteiger partial charge in [0.25, 0.3) is 5.91 Å². The Morgan fingerprint density at radius 3 is 2.46 bits per heavy atom. The van der Waals surface area contributed by atoms with Crippen LogP contribution in [0.15, 0.2) is 24.3 Å². The maximum atomic E-state index is 12.0. The van der Waals surface area contributed by atoms with Crippen LogP contribution in [0.25, 0.3) is 0 Å². The molecule has 130 valence electrons. The summed E-state index contributed by atoms with van der Waals surface area (Å²) >= 11 is 0. The van der Waals surface area contributed by atoms with E-state index in [1.54, 1.807) is 0 Å². The van der Waals surface area contributed by atoms with Gasteiger partial charge in [-0.15, -0.1) is 0 Å². The Kier molecular flexibility index (Phi) is 6.55. The highest BCUT2D eigenvalue weighted by Crippen LogP contribution is 2.12. The molecule has 1 aromatic heterocycles. The number of aryl methyl sites for hydroxylation is 2. The molecule has 0 bridgehead atoms. The summed E-state index contributed by atoms with van der Waals surface area (Å²) in [5.41, 5.74) is 5.40. The Morgan fingerprint density at radius 2 is 1.88 bits per heavy atom. The van der Waals surface area contributed by atoms with Gasteiger partial charge in [0.15, 0.2) is 0 Å². The van der Waals surface area contributed by atoms with Crippen LogP contribution in [0.2, 0.25) is 0 Å². The number of aromatic nitrogens is 2. The molecule has 0 saturated heterocycles. The number of hydrogen-bond donors (Lipinski definition) is 2. The second-order valence-corrected chi connectivity index (χ2v) is 6.18. The van der Waals surface area contributed by atoms with Crippen molar-refractivity contribution in [3.8, 4) is 0 Å². The van der Waals surface area contributed by atoms with Crippen LogP contribution in [-0.4, -0.2) is 22.2 Å². The van der Waals surface area contributed by atoms with Crippen LogP contribution < -0.4 is 10.6 Å². The number of benzene rings is 1. The summed E-state index contributed by atoms with van der Waals surface area (Å²) in [7, 11) is 1.97. The molecule has 24 heavy (non-hydrogen) atoms. The van der Waals surface area contributed by atoms with E-state index >= 15 is 0 Å². The summed E-state index contributed by atoms with van der Waals surface area (Å²) < 4.78 is 1.91. The van der Waals surface area contributed by atoms with Crippen molar-refractivity contribution in [1.29, 1.82) is 0 Å². The van der Waals surface area contributed by atoms with E-state index < -0.39 is 0 Å². The molecule has 1 heterocycles. The summed E-state index contributed by atoms with van der Waals surface area (Å²) in [4.78, 5) is 12.0. The molecule has 0 atom stereocenters. The summed E-state index contributed by atoms with van der Waals surface area (Å²) in [5.74, 6) is 0.00423. The second kappa shape index (κ2) is 8.64. The van der Waals surface area contributed by atoms with E-state index in [2.05, 4.69) is 29.6 Å². The molecule has 0 aliphatic carbocycles. The Balaban J connectivity index is 1.84. The largest absolute Gasteiger partial charge is 0.352 e. The minimum Gasteiger partial charge on any atom is -0.352 e. The molecular weight excluding hydrogens is 300 g/mol. The Labute approximate surface area is 144 Å². The standard InChI is InChI=1S/C19H28N4O/c1-5-6-11-21-19(24)17-9-7-16(8-10-17)12-20-13-18-14(2)22-23(4)15(18)3/h7-10,20H,5-6,11-13H2,1-4H3,(H,21,24). The van der Waals surface area contributed by atoms with Gasteiger partial charge in [0.1, 0.15) is 0 Å². The second-order valence-electron chi connectivity index (χ2n) is 6.18. The molecule has 1 amide bonds. The molecule has 2 aromatic rings. The molecule has 2 N–H and O–H groups in total. The van der Waals surface area contributed by atoms with Crippen molar-refractivity contribution in [2.24, 2.45) is 7.05 Å². The van der Waals surface area contributed by atoms with E-state index in [1.807, 2.05) is 42.9 Å². The minimum atomic E-state index is 0.00423. The van der Waals surface area contributed by atoms with Crippen LogP contribution in [0.4, 0.5) is 0 Å². The molecule has 0 spiro atoms. The van der Waals surface area contributed by atoms with Crippen molar-refractivity contribution in [3.63, 3.8) is 0 Å². The number of carbonyl (C=O) groups excluding carboxylic acids is 1. The van der Waals surface area contributed by atoms with E-state index in [-0.39, 0.29) is 5.91 Å². The van der Waals surface area contributed by atoms with Crippen LogP contribution in [0, 0.1) is 13.8 Å². The lowest BCUT2D eigenvalue weighted by Gasteiger charge is -2.08. The zero-order chi connectivity index (χ0) is 17.5. The number of amides is 1. The first-order valence-electron chi connectivity index (χ1n) is 8.59. The number of nitrogens with one attached hydrogen (secondary N) is 2. The first-order chi connectivity index (χ1) is 11.5. The fourth-order valence-electron chi connectivity index (χ4n) is 2.66. The molecule has 5 heteroatoms. The van der Waals surface area contributed by atoms with Gasteiger partial charge in [0.05, 0.1) is 5.69 Å². The molecular formula is C19H28N4O. The number of carbonyl (C=O) groups is 1. The lowest BCUT2D eigenvalue weighted by atomic mass is 10.1. The smallest absolute Gasteiger partial charge is 0.251 e. The van der Waals surface area contributed by atoms with Crippen molar-refractivity contribution in [2.45, 2.75) is 46.7 Å². The van der Waals surface area contributed by atoms with Gasteiger partial charge < -0.3 is 10.6 Å². The van der Waals surface area contributed by atoms with Gasteiger partial charge in [-0.05, 0) is 38.0 Å². The lowest BCUT2D eigenvalue weighted by Crippen LogP contribution is -2.24. The molecule has 5 nitrogen and oxygen atoms in total. The average Bonchev–Trinajstić information content (AvgIpc) is 2.81. The fourth-order valence-corrected chi connectivity index (χ4v) is 2.66. The van der Waals surface area contributed by atoms with Crippen molar-refractivity contribution in [2.75, 3.05) is 6.54 Å². The predicted octanol–water partition coefficient (Wildman–Crippen LogP) is 2.86. The molecule has 2 rings (SSSR count). The SMILES string of the molecule is CCCCNC(=O)c1ccc(CNCc2c(C)nn(C)c2C)cc1. The first kappa shape index (κ1) is 18.2. The monoisotopic (exact) mass is 328 g/mol. The highest BCUT2D eigenvalue weighted by molar-refractivity contribution is 5.94.